The van der Waals surface area contributed by atoms with Crippen LogP contribution in [0.1, 0.15) is 17.5 Å². The van der Waals surface area contributed by atoms with Crippen LogP contribution in [-0.2, 0) is 11.3 Å². The SMILES string of the molecule is Cc1cccc2cc(CNc3ccc(N4CCNC(=O)CC4)cc3)c(=O)[nH]c12. The van der Waals surface area contributed by atoms with Gasteiger partial charge >= 0.3 is 0 Å². The summed E-state index contributed by atoms with van der Waals surface area (Å²) in [5.74, 6) is 0.108. The maximum absolute atomic E-state index is 12.4. The molecule has 0 spiro atoms. The molecule has 3 aromatic rings. The molecule has 0 bridgehead atoms. The maximum Gasteiger partial charge on any atom is 0.253 e. The summed E-state index contributed by atoms with van der Waals surface area (Å²) in [4.78, 5) is 29.1. The molecule has 1 aliphatic heterocycles. The Kier molecular flexibility index (Phi) is 5.02. The van der Waals surface area contributed by atoms with E-state index in [4.69, 9.17) is 0 Å². The lowest BCUT2D eigenvalue weighted by atomic mass is 10.1. The quantitative estimate of drug-likeness (QED) is 0.654. The number of aromatic nitrogens is 1. The highest BCUT2D eigenvalue weighted by Gasteiger charge is 2.13. The fourth-order valence-corrected chi connectivity index (χ4v) is 3.57. The molecular formula is C22H24N4O2. The first kappa shape index (κ1) is 18.1. The fraction of sp³-hybridized carbons (Fsp3) is 0.273. The third kappa shape index (κ3) is 3.86. The fourth-order valence-electron chi connectivity index (χ4n) is 3.57. The van der Waals surface area contributed by atoms with E-state index >= 15 is 0 Å². The Morgan fingerprint density at radius 1 is 1.07 bits per heavy atom. The monoisotopic (exact) mass is 376 g/mol. The van der Waals surface area contributed by atoms with Crippen molar-refractivity contribution in [3.05, 3.63) is 70.0 Å². The lowest BCUT2D eigenvalue weighted by molar-refractivity contribution is -0.120. The number of amides is 1. The Bertz CT molecular complexity index is 1060. The van der Waals surface area contributed by atoms with Gasteiger partial charge in [0.05, 0.1) is 5.52 Å². The number of benzene rings is 2. The Hall–Kier alpha value is -3.28. The van der Waals surface area contributed by atoms with E-state index < -0.39 is 0 Å². The molecule has 144 valence electrons. The molecule has 1 amide bonds. The second kappa shape index (κ2) is 7.76. The number of hydrogen-bond acceptors (Lipinski definition) is 4. The van der Waals surface area contributed by atoms with Gasteiger partial charge in [-0.05, 0) is 48.2 Å². The van der Waals surface area contributed by atoms with E-state index in [1.165, 1.54) is 0 Å². The van der Waals surface area contributed by atoms with Crippen LogP contribution >= 0.6 is 0 Å². The molecule has 6 nitrogen and oxygen atoms in total. The summed E-state index contributed by atoms with van der Waals surface area (Å²) < 4.78 is 0. The second-order valence-corrected chi connectivity index (χ2v) is 7.15. The highest BCUT2D eigenvalue weighted by atomic mass is 16.1. The number of pyridine rings is 1. The molecule has 0 aliphatic carbocycles. The summed E-state index contributed by atoms with van der Waals surface area (Å²) >= 11 is 0. The number of carbonyl (C=O) groups is 1. The van der Waals surface area contributed by atoms with Gasteiger partial charge in [0.25, 0.3) is 5.56 Å². The molecule has 28 heavy (non-hydrogen) atoms. The summed E-state index contributed by atoms with van der Waals surface area (Å²) in [7, 11) is 0. The maximum atomic E-state index is 12.4. The molecule has 1 saturated heterocycles. The molecule has 1 aromatic heterocycles. The van der Waals surface area contributed by atoms with Crippen LogP contribution in [0.2, 0.25) is 0 Å². The van der Waals surface area contributed by atoms with E-state index in [9.17, 15) is 9.59 Å². The van der Waals surface area contributed by atoms with Crippen molar-refractivity contribution < 1.29 is 4.79 Å². The normalized spacial score (nSPS) is 14.6. The van der Waals surface area contributed by atoms with Crippen molar-refractivity contribution in [3.8, 4) is 0 Å². The van der Waals surface area contributed by atoms with Gasteiger partial charge in [-0.25, -0.2) is 0 Å². The molecule has 2 aromatic carbocycles. The highest BCUT2D eigenvalue weighted by molar-refractivity contribution is 5.82. The van der Waals surface area contributed by atoms with Crippen LogP contribution < -0.4 is 21.1 Å². The van der Waals surface area contributed by atoms with Crippen molar-refractivity contribution in [3.63, 3.8) is 0 Å². The van der Waals surface area contributed by atoms with E-state index in [-0.39, 0.29) is 11.5 Å². The Morgan fingerprint density at radius 2 is 1.89 bits per heavy atom. The van der Waals surface area contributed by atoms with E-state index in [2.05, 4.69) is 20.5 Å². The molecule has 0 atom stereocenters. The number of nitrogens with one attached hydrogen (secondary N) is 3. The lowest BCUT2D eigenvalue weighted by Crippen LogP contribution is -2.28. The van der Waals surface area contributed by atoms with Gasteiger partial charge in [0.1, 0.15) is 0 Å². The molecule has 2 heterocycles. The van der Waals surface area contributed by atoms with Crippen LogP contribution in [0.5, 0.6) is 0 Å². The zero-order valence-electron chi connectivity index (χ0n) is 15.9. The van der Waals surface area contributed by atoms with Gasteiger partial charge in [-0.15, -0.1) is 0 Å². The average molecular weight is 376 g/mol. The summed E-state index contributed by atoms with van der Waals surface area (Å²) in [6.45, 7) is 4.66. The van der Waals surface area contributed by atoms with E-state index in [0.717, 1.165) is 40.9 Å². The van der Waals surface area contributed by atoms with Crippen molar-refractivity contribution in [1.29, 1.82) is 0 Å². The summed E-state index contributed by atoms with van der Waals surface area (Å²) in [6, 6.07) is 16.1. The van der Waals surface area contributed by atoms with Crippen LogP contribution in [-0.4, -0.2) is 30.5 Å². The number of nitrogens with zero attached hydrogens (tertiary/aromatic N) is 1. The van der Waals surface area contributed by atoms with Crippen LogP contribution in [0, 0.1) is 6.92 Å². The minimum Gasteiger partial charge on any atom is -0.381 e. The molecule has 0 saturated carbocycles. The van der Waals surface area contributed by atoms with Crippen molar-refractivity contribution in [2.75, 3.05) is 29.9 Å². The number of para-hydroxylation sites is 1. The number of aryl methyl sites for hydroxylation is 1. The van der Waals surface area contributed by atoms with Crippen LogP contribution in [0.4, 0.5) is 11.4 Å². The average Bonchev–Trinajstić information content (AvgIpc) is 2.92. The minimum atomic E-state index is -0.0624. The van der Waals surface area contributed by atoms with Crippen molar-refractivity contribution in [2.24, 2.45) is 0 Å². The number of anilines is 2. The van der Waals surface area contributed by atoms with E-state index in [1.54, 1.807) is 0 Å². The smallest absolute Gasteiger partial charge is 0.253 e. The predicted molar refractivity (Wildman–Crippen MR) is 113 cm³/mol. The standard InChI is InChI=1S/C22H24N4O2/c1-15-3-2-4-16-13-17(22(28)25-21(15)16)14-24-18-5-7-19(8-6-18)26-11-9-20(27)23-10-12-26/h2-8,13,24H,9-12,14H2,1H3,(H,23,27)(H,25,28). The van der Waals surface area contributed by atoms with E-state index in [0.29, 0.717) is 25.1 Å². The van der Waals surface area contributed by atoms with Crippen molar-refractivity contribution in [1.82, 2.24) is 10.3 Å². The predicted octanol–water partition coefficient (Wildman–Crippen LogP) is 2.77. The van der Waals surface area contributed by atoms with Crippen LogP contribution in [0.15, 0.2) is 53.3 Å². The number of hydrogen-bond donors (Lipinski definition) is 3. The molecule has 6 heteroatoms. The number of H-pyrrole nitrogens is 1. The van der Waals surface area contributed by atoms with Gasteiger partial charge in [0, 0.05) is 49.5 Å². The van der Waals surface area contributed by atoms with Gasteiger partial charge < -0.3 is 20.5 Å². The molecule has 0 unspecified atom stereocenters. The molecule has 1 fully saturated rings. The largest absolute Gasteiger partial charge is 0.381 e. The first-order chi connectivity index (χ1) is 13.6. The summed E-state index contributed by atoms with van der Waals surface area (Å²) in [6.07, 6.45) is 0.518. The third-order valence-corrected chi connectivity index (χ3v) is 5.19. The first-order valence-electron chi connectivity index (χ1n) is 9.57. The Balaban J connectivity index is 1.45. The third-order valence-electron chi connectivity index (χ3n) is 5.19. The second-order valence-electron chi connectivity index (χ2n) is 7.15. The van der Waals surface area contributed by atoms with Gasteiger partial charge in [-0.1, -0.05) is 18.2 Å². The number of carbonyl (C=O) groups excluding carboxylic acids is 1. The lowest BCUT2D eigenvalue weighted by Gasteiger charge is -2.22. The summed E-state index contributed by atoms with van der Waals surface area (Å²) in [5.41, 5.74) is 4.66. The minimum absolute atomic E-state index is 0.0624. The molecule has 3 N–H and O–H groups in total. The van der Waals surface area contributed by atoms with Crippen LogP contribution in [0.3, 0.4) is 0 Å². The molecule has 1 aliphatic rings. The topological polar surface area (TPSA) is 77.2 Å². The molecular weight excluding hydrogens is 352 g/mol. The van der Waals surface area contributed by atoms with Gasteiger partial charge in [-0.2, -0.15) is 0 Å². The van der Waals surface area contributed by atoms with Crippen LogP contribution in [0.25, 0.3) is 10.9 Å². The Morgan fingerprint density at radius 3 is 2.71 bits per heavy atom. The number of rotatable bonds is 4. The zero-order chi connectivity index (χ0) is 19.5. The Labute approximate surface area is 163 Å². The highest BCUT2D eigenvalue weighted by Crippen LogP contribution is 2.20. The summed E-state index contributed by atoms with van der Waals surface area (Å²) in [5, 5.41) is 7.25. The van der Waals surface area contributed by atoms with Crippen molar-refractivity contribution >= 4 is 28.2 Å². The van der Waals surface area contributed by atoms with Gasteiger partial charge in [0.15, 0.2) is 0 Å². The van der Waals surface area contributed by atoms with Gasteiger partial charge in [-0.3, -0.25) is 9.59 Å². The zero-order valence-corrected chi connectivity index (χ0v) is 15.9. The van der Waals surface area contributed by atoms with E-state index in [1.807, 2.05) is 55.5 Å². The number of aromatic amines is 1. The first-order valence-corrected chi connectivity index (χ1v) is 9.57. The van der Waals surface area contributed by atoms with Crippen molar-refractivity contribution in [2.45, 2.75) is 19.9 Å². The molecule has 4 rings (SSSR count). The van der Waals surface area contributed by atoms with Gasteiger partial charge in [0.2, 0.25) is 5.91 Å². The molecule has 0 radical (unpaired) electrons. The number of fused-ring (bicyclic) bond motifs is 1.